The molecule has 1 unspecified atom stereocenters. The molecule has 2 nitrogen and oxygen atoms in total. The van der Waals surface area contributed by atoms with Crippen molar-refractivity contribution in [2.45, 2.75) is 26.4 Å². The maximum atomic E-state index is 9.22. The molecule has 60 valence electrons. The second kappa shape index (κ2) is 3.74. The van der Waals surface area contributed by atoms with Crippen LogP contribution < -0.4 is 0 Å². The maximum Gasteiger partial charge on any atom is 0.0824 e. The number of rotatable bonds is 4. The van der Waals surface area contributed by atoms with Crippen LogP contribution >= 0.6 is 0 Å². The summed E-state index contributed by atoms with van der Waals surface area (Å²) in [6.07, 6.45) is 1.82. The van der Waals surface area contributed by atoms with Crippen LogP contribution in [0.15, 0.2) is 12.7 Å². The molecule has 0 spiro atoms. The van der Waals surface area contributed by atoms with E-state index in [1.807, 2.05) is 13.8 Å². The molecule has 0 saturated heterocycles. The predicted molar refractivity (Wildman–Crippen MR) is 41.7 cm³/mol. The van der Waals surface area contributed by atoms with Crippen LogP contribution in [-0.2, 0) is 0 Å². The summed E-state index contributed by atoms with van der Waals surface area (Å²) in [7, 11) is 0. The Kier molecular flexibility index (Phi) is 3.61. The van der Waals surface area contributed by atoms with Crippen molar-refractivity contribution in [2.75, 3.05) is 6.61 Å². The molecule has 0 aliphatic carbocycles. The highest BCUT2D eigenvalue weighted by atomic mass is 16.3. The van der Waals surface area contributed by atoms with Gasteiger partial charge in [-0.05, 0) is 11.8 Å². The SMILES string of the molecule is C=CCC(C)(C)C(O)CO. The van der Waals surface area contributed by atoms with Crippen LogP contribution in [-0.4, -0.2) is 22.9 Å². The van der Waals surface area contributed by atoms with Crippen molar-refractivity contribution in [1.82, 2.24) is 0 Å². The van der Waals surface area contributed by atoms with Crippen LogP contribution in [0.4, 0.5) is 0 Å². The quantitative estimate of drug-likeness (QED) is 0.576. The van der Waals surface area contributed by atoms with Gasteiger partial charge in [0.15, 0.2) is 0 Å². The van der Waals surface area contributed by atoms with E-state index < -0.39 is 6.10 Å². The van der Waals surface area contributed by atoms with E-state index in [0.29, 0.717) is 6.42 Å². The number of hydrogen-bond donors (Lipinski definition) is 2. The molecule has 2 heteroatoms. The van der Waals surface area contributed by atoms with Gasteiger partial charge in [0.25, 0.3) is 0 Å². The summed E-state index contributed by atoms with van der Waals surface area (Å²) < 4.78 is 0. The van der Waals surface area contributed by atoms with Gasteiger partial charge in [-0.15, -0.1) is 6.58 Å². The molecule has 0 aromatic heterocycles. The van der Waals surface area contributed by atoms with E-state index in [0.717, 1.165) is 0 Å². The minimum Gasteiger partial charge on any atom is -0.394 e. The molecule has 1 atom stereocenters. The van der Waals surface area contributed by atoms with E-state index in [9.17, 15) is 5.11 Å². The molecule has 0 radical (unpaired) electrons. The molecule has 0 bridgehead atoms. The second-order valence-corrected chi connectivity index (χ2v) is 3.18. The number of aliphatic hydroxyl groups is 2. The Morgan fingerprint density at radius 3 is 2.40 bits per heavy atom. The van der Waals surface area contributed by atoms with Gasteiger partial charge < -0.3 is 10.2 Å². The summed E-state index contributed by atoms with van der Waals surface area (Å²) in [5.41, 5.74) is -0.253. The zero-order chi connectivity index (χ0) is 8.20. The third-order valence-corrected chi connectivity index (χ3v) is 1.75. The predicted octanol–water partition coefficient (Wildman–Crippen LogP) is 0.942. The molecule has 0 amide bonds. The van der Waals surface area contributed by atoms with Crippen LogP contribution in [0.2, 0.25) is 0 Å². The zero-order valence-electron chi connectivity index (χ0n) is 6.67. The lowest BCUT2D eigenvalue weighted by Gasteiger charge is -2.27. The summed E-state index contributed by atoms with van der Waals surface area (Å²) in [6, 6.07) is 0. The van der Waals surface area contributed by atoms with E-state index >= 15 is 0 Å². The molecule has 0 aromatic rings. The van der Waals surface area contributed by atoms with E-state index in [4.69, 9.17) is 5.11 Å². The fourth-order valence-electron chi connectivity index (χ4n) is 0.755. The molecule has 0 fully saturated rings. The minimum atomic E-state index is -0.648. The van der Waals surface area contributed by atoms with Gasteiger partial charge in [0.2, 0.25) is 0 Å². The Balaban J connectivity index is 3.94. The maximum absolute atomic E-state index is 9.22. The minimum absolute atomic E-state index is 0.180. The summed E-state index contributed by atoms with van der Waals surface area (Å²) in [4.78, 5) is 0. The molecule has 0 rings (SSSR count). The average molecular weight is 144 g/mol. The highest BCUT2D eigenvalue weighted by Crippen LogP contribution is 2.24. The smallest absolute Gasteiger partial charge is 0.0824 e. The first-order chi connectivity index (χ1) is 4.54. The van der Waals surface area contributed by atoms with Crippen LogP contribution in [0.1, 0.15) is 20.3 Å². The van der Waals surface area contributed by atoms with Crippen molar-refractivity contribution in [3.8, 4) is 0 Å². The van der Waals surface area contributed by atoms with Crippen molar-refractivity contribution in [3.63, 3.8) is 0 Å². The van der Waals surface area contributed by atoms with E-state index in [1.54, 1.807) is 6.08 Å². The first-order valence-corrected chi connectivity index (χ1v) is 3.44. The lowest BCUT2D eigenvalue weighted by Crippen LogP contribution is -2.31. The third-order valence-electron chi connectivity index (χ3n) is 1.75. The van der Waals surface area contributed by atoms with Gasteiger partial charge in [-0.25, -0.2) is 0 Å². The molecule has 0 aromatic carbocycles. The molecule has 0 aliphatic heterocycles. The Morgan fingerprint density at radius 2 is 2.10 bits per heavy atom. The Labute approximate surface area is 62.2 Å². The Bertz CT molecular complexity index is 108. The van der Waals surface area contributed by atoms with E-state index in [-0.39, 0.29) is 12.0 Å². The summed E-state index contributed by atoms with van der Waals surface area (Å²) >= 11 is 0. The first kappa shape index (κ1) is 9.66. The lowest BCUT2D eigenvalue weighted by molar-refractivity contribution is 0.00519. The first-order valence-electron chi connectivity index (χ1n) is 3.44. The summed E-state index contributed by atoms with van der Waals surface area (Å²) in [6.45, 7) is 7.19. The molecular weight excluding hydrogens is 128 g/mol. The van der Waals surface area contributed by atoms with Gasteiger partial charge in [-0.1, -0.05) is 19.9 Å². The van der Waals surface area contributed by atoms with Crippen LogP contribution in [0.5, 0.6) is 0 Å². The van der Waals surface area contributed by atoms with Crippen LogP contribution in [0, 0.1) is 5.41 Å². The molecule has 0 aliphatic rings. The Hall–Kier alpha value is -0.340. The number of hydrogen-bond acceptors (Lipinski definition) is 2. The van der Waals surface area contributed by atoms with Gasteiger partial charge in [0, 0.05) is 0 Å². The average Bonchev–Trinajstić information content (AvgIpc) is 1.86. The molecular formula is C8H16O2. The van der Waals surface area contributed by atoms with Crippen molar-refractivity contribution < 1.29 is 10.2 Å². The molecule has 10 heavy (non-hydrogen) atoms. The number of allylic oxidation sites excluding steroid dienone is 1. The third kappa shape index (κ3) is 2.50. The fourth-order valence-corrected chi connectivity index (χ4v) is 0.755. The Morgan fingerprint density at radius 1 is 1.60 bits per heavy atom. The largest absolute Gasteiger partial charge is 0.394 e. The normalized spacial score (nSPS) is 14.8. The van der Waals surface area contributed by atoms with E-state index in [2.05, 4.69) is 6.58 Å². The monoisotopic (exact) mass is 144 g/mol. The van der Waals surface area contributed by atoms with Crippen LogP contribution in [0.3, 0.4) is 0 Å². The number of aliphatic hydroxyl groups excluding tert-OH is 2. The highest BCUT2D eigenvalue weighted by Gasteiger charge is 2.25. The second-order valence-electron chi connectivity index (χ2n) is 3.18. The van der Waals surface area contributed by atoms with Gasteiger partial charge in [0.1, 0.15) is 0 Å². The highest BCUT2D eigenvalue weighted by molar-refractivity contribution is 4.84. The molecule has 2 N–H and O–H groups in total. The fraction of sp³-hybridized carbons (Fsp3) is 0.750. The van der Waals surface area contributed by atoms with Crippen molar-refractivity contribution in [3.05, 3.63) is 12.7 Å². The molecule has 0 heterocycles. The van der Waals surface area contributed by atoms with E-state index in [1.165, 1.54) is 0 Å². The summed E-state index contributed by atoms with van der Waals surface area (Å²) in [5, 5.41) is 17.8. The topological polar surface area (TPSA) is 40.5 Å². The van der Waals surface area contributed by atoms with Crippen molar-refractivity contribution >= 4 is 0 Å². The standard InChI is InChI=1S/C8H16O2/c1-4-5-8(2,3)7(10)6-9/h4,7,9-10H,1,5-6H2,2-3H3. The molecule has 0 saturated carbocycles. The van der Waals surface area contributed by atoms with Crippen molar-refractivity contribution in [1.29, 1.82) is 0 Å². The summed E-state index contributed by atoms with van der Waals surface area (Å²) in [5.74, 6) is 0. The lowest BCUT2D eigenvalue weighted by atomic mass is 9.83. The zero-order valence-corrected chi connectivity index (χ0v) is 6.67. The van der Waals surface area contributed by atoms with Gasteiger partial charge in [-0.2, -0.15) is 0 Å². The van der Waals surface area contributed by atoms with Gasteiger partial charge >= 0.3 is 0 Å². The van der Waals surface area contributed by atoms with Crippen molar-refractivity contribution in [2.24, 2.45) is 5.41 Å². The van der Waals surface area contributed by atoms with Crippen LogP contribution in [0.25, 0.3) is 0 Å². The van der Waals surface area contributed by atoms with Gasteiger partial charge in [-0.3, -0.25) is 0 Å². The van der Waals surface area contributed by atoms with Gasteiger partial charge in [0.05, 0.1) is 12.7 Å².